The van der Waals surface area contributed by atoms with Crippen LogP contribution in [0.25, 0.3) is 11.0 Å². The summed E-state index contributed by atoms with van der Waals surface area (Å²) in [6.45, 7) is 5.86. The monoisotopic (exact) mass is 279 g/mol. The zero-order chi connectivity index (χ0) is 14.8. The van der Waals surface area contributed by atoms with Gasteiger partial charge in [0.1, 0.15) is 17.7 Å². The fourth-order valence-corrected chi connectivity index (χ4v) is 2.43. The average Bonchev–Trinajstić information content (AvgIpc) is 2.93. The Labute approximate surface area is 123 Å². The summed E-state index contributed by atoms with van der Waals surface area (Å²) in [6, 6.07) is 15.1. The van der Waals surface area contributed by atoms with Crippen molar-refractivity contribution in [3.63, 3.8) is 0 Å². The van der Waals surface area contributed by atoms with E-state index in [-0.39, 0.29) is 6.04 Å². The lowest BCUT2D eigenvalue weighted by molar-refractivity contribution is 0.130. The molecule has 0 saturated carbocycles. The summed E-state index contributed by atoms with van der Waals surface area (Å²) in [5.41, 5.74) is 3.69. The van der Waals surface area contributed by atoms with Gasteiger partial charge in [-0.2, -0.15) is 0 Å². The second kappa shape index (κ2) is 5.50. The minimum absolute atomic E-state index is 0.361. The number of benzene rings is 2. The Balaban J connectivity index is 2.01. The molecule has 0 radical (unpaired) electrons. The fourth-order valence-electron chi connectivity index (χ4n) is 2.43. The molecule has 1 heterocycles. The van der Waals surface area contributed by atoms with Crippen LogP contribution in [0, 0.1) is 6.92 Å². The van der Waals surface area contributed by atoms with Crippen molar-refractivity contribution in [1.29, 1.82) is 0 Å². The molecule has 0 saturated heterocycles. The lowest BCUT2D eigenvalue weighted by atomic mass is 10.0. The summed E-state index contributed by atoms with van der Waals surface area (Å²) in [6.07, 6.45) is 0.985. The molecule has 0 bridgehead atoms. The maximum Gasteiger partial charge on any atom is 0.113 e. The van der Waals surface area contributed by atoms with Gasteiger partial charge in [0.2, 0.25) is 0 Å². The van der Waals surface area contributed by atoms with Crippen molar-refractivity contribution in [2.24, 2.45) is 0 Å². The van der Waals surface area contributed by atoms with Gasteiger partial charge in [0.15, 0.2) is 0 Å². The lowest BCUT2D eigenvalue weighted by Crippen LogP contribution is -2.17. The predicted molar refractivity (Wildman–Crippen MR) is 82.9 cm³/mol. The van der Waals surface area contributed by atoms with E-state index in [0.29, 0.717) is 0 Å². The summed E-state index contributed by atoms with van der Waals surface area (Å²) < 4.78 is 1.72. The molecule has 4 heteroatoms. The summed E-state index contributed by atoms with van der Waals surface area (Å²) in [4.78, 5) is 0. The van der Waals surface area contributed by atoms with Gasteiger partial charge in [-0.05, 0) is 24.6 Å². The molecule has 2 atom stereocenters. The smallest absolute Gasteiger partial charge is 0.113 e. The van der Waals surface area contributed by atoms with E-state index in [4.69, 9.17) is 0 Å². The molecular formula is C17H17N3O. The largest absolute Gasteiger partial charge is 0.386 e. The maximum atomic E-state index is 10.6. The van der Waals surface area contributed by atoms with Crippen molar-refractivity contribution in [2.75, 3.05) is 0 Å². The Morgan fingerprint density at radius 1 is 1.14 bits per heavy atom. The minimum Gasteiger partial charge on any atom is -0.386 e. The first-order chi connectivity index (χ1) is 10.2. The van der Waals surface area contributed by atoms with Crippen LogP contribution < -0.4 is 0 Å². The van der Waals surface area contributed by atoms with E-state index in [1.807, 2.05) is 55.5 Å². The van der Waals surface area contributed by atoms with Crippen molar-refractivity contribution < 1.29 is 5.11 Å². The highest BCUT2D eigenvalue weighted by Gasteiger charge is 2.22. The second-order valence-electron chi connectivity index (χ2n) is 5.10. The van der Waals surface area contributed by atoms with Crippen molar-refractivity contribution in [3.8, 4) is 0 Å². The van der Waals surface area contributed by atoms with Gasteiger partial charge in [0.05, 0.1) is 5.52 Å². The van der Waals surface area contributed by atoms with Crippen LogP contribution in [0.5, 0.6) is 0 Å². The quantitative estimate of drug-likeness (QED) is 0.746. The third kappa shape index (κ3) is 2.45. The first-order valence-electron chi connectivity index (χ1n) is 6.88. The van der Waals surface area contributed by atoms with Gasteiger partial charge in [-0.1, -0.05) is 53.3 Å². The highest BCUT2D eigenvalue weighted by Crippen LogP contribution is 2.29. The molecule has 3 aromatic rings. The van der Waals surface area contributed by atoms with Crippen molar-refractivity contribution in [3.05, 3.63) is 72.3 Å². The highest BCUT2D eigenvalue weighted by molar-refractivity contribution is 5.74. The van der Waals surface area contributed by atoms with E-state index in [1.54, 1.807) is 10.8 Å². The summed E-state index contributed by atoms with van der Waals surface area (Å²) in [5, 5.41) is 18.9. The third-order valence-electron chi connectivity index (χ3n) is 3.64. The average molecular weight is 279 g/mol. The van der Waals surface area contributed by atoms with Gasteiger partial charge in [0.25, 0.3) is 0 Å². The molecule has 2 aromatic carbocycles. The molecule has 1 aromatic heterocycles. The number of rotatable bonds is 4. The van der Waals surface area contributed by atoms with E-state index >= 15 is 0 Å². The van der Waals surface area contributed by atoms with Crippen LogP contribution in [0.15, 0.2) is 61.2 Å². The lowest BCUT2D eigenvalue weighted by Gasteiger charge is -2.20. The fraction of sp³-hybridized carbons (Fsp3) is 0.176. The SMILES string of the molecule is C=CC(C(O)c1ccc(C)cc1)n1nnc2ccccc21. The summed E-state index contributed by atoms with van der Waals surface area (Å²) in [5.74, 6) is 0. The number of fused-ring (bicyclic) bond motifs is 1. The van der Waals surface area contributed by atoms with E-state index in [0.717, 1.165) is 22.2 Å². The van der Waals surface area contributed by atoms with Crippen LogP contribution >= 0.6 is 0 Å². The molecule has 0 fully saturated rings. The molecule has 0 spiro atoms. The molecule has 4 nitrogen and oxygen atoms in total. The van der Waals surface area contributed by atoms with E-state index in [2.05, 4.69) is 16.9 Å². The first-order valence-corrected chi connectivity index (χ1v) is 6.88. The van der Waals surface area contributed by atoms with Crippen molar-refractivity contribution in [1.82, 2.24) is 15.0 Å². The number of para-hydroxylation sites is 1. The summed E-state index contributed by atoms with van der Waals surface area (Å²) in [7, 11) is 0. The number of aryl methyl sites for hydroxylation is 1. The van der Waals surface area contributed by atoms with Gasteiger partial charge >= 0.3 is 0 Å². The molecule has 2 unspecified atom stereocenters. The van der Waals surface area contributed by atoms with Gasteiger partial charge in [-0.15, -0.1) is 11.7 Å². The van der Waals surface area contributed by atoms with Crippen molar-refractivity contribution >= 4 is 11.0 Å². The second-order valence-corrected chi connectivity index (χ2v) is 5.10. The van der Waals surface area contributed by atoms with Gasteiger partial charge in [-0.25, -0.2) is 4.68 Å². The Kier molecular flexibility index (Phi) is 3.54. The number of hydrogen-bond acceptors (Lipinski definition) is 3. The molecule has 0 amide bonds. The van der Waals surface area contributed by atoms with Gasteiger partial charge in [0, 0.05) is 0 Å². The van der Waals surface area contributed by atoms with E-state index < -0.39 is 6.10 Å². The normalized spacial score (nSPS) is 14.0. The Hall–Kier alpha value is -2.46. The van der Waals surface area contributed by atoms with E-state index in [9.17, 15) is 5.11 Å². The molecule has 3 rings (SSSR count). The minimum atomic E-state index is -0.715. The van der Waals surface area contributed by atoms with Crippen LogP contribution in [-0.2, 0) is 0 Å². The maximum absolute atomic E-state index is 10.6. The van der Waals surface area contributed by atoms with Gasteiger partial charge in [-0.3, -0.25) is 0 Å². The highest BCUT2D eigenvalue weighted by atomic mass is 16.3. The molecule has 1 N–H and O–H groups in total. The zero-order valence-corrected chi connectivity index (χ0v) is 11.8. The zero-order valence-electron chi connectivity index (χ0n) is 11.8. The Bertz CT molecular complexity index is 761. The van der Waals surface area contributed by atoms with E-state index in [1.165, 1.54) is 0 Å². The molecule has 0 aliphatic carbocycles. The molecule has 106 valence electrons. The Morgan fingerprint density at radius 3 is 2.57 bits per heavy atom. The van der Waals surface area contributed by atoms with Gasteiger partial charge < -0.3 is 5.11 Å². The first kappa shape index (κ1) is 13.5. The molecular weight excluding hydrogens is 262 g/mol. The third-order valence-corrected chi connectivity index (χ3v) is 3.64. The number of aliphatic hydroxyl groups is 1. The topological polar surface area (TPSA) is 50.9 Å². The molecule has 21 heavy (non-hydrogen) atoms. The number of aromatic nitrogens is 3. The number of hydrogen-bond donors (Lipinski definition) is 1. The van der Waals surface area contributed by atoms with Crippen LogP contribution in [0.3, 0.4) is 0 Å². The molecule has 0 aliphatic heterocycles. The van der Waals surface area contributed by atoms with Crippen LogP contribution in [0.1, 0.15) is 23.3 Å². The predicted octanol–water partition coefficient (Wildman–Crippen LogP) is 3.20. The number of aliphatic hydroxyl groups excluding tert-OH is 1. The van der Waals surface area contributed by atoms with Crippen LogP contribution in [0.2, 0.25) is 0 Å². The summed E-state index contributed by atoms with van der Waals surface area (Å²) >= 11 is 0. The number of nitrogens with zero attached hydrogens (tertiary/aromatic N) is 3. The van der Waals surface area contributed by atoms with Crippen molar-refractivity contribution in [2.45, 2.75) is 19.1 Å². The standard InChI is InChI=1S/C17H17N3O/c1-3-15(17(21)13-10-8-12(2)9-11-13)20-16-7-5-4-6-14(16)18-19-20/h3-11,15,17,21H,1H2,2H3. The Morgan fingerprint density at radius 2 is 1.86 bits per heavy atom. The molecule has 0 aliphatic rings. The van der Waals surface area contributed by atoms with Crippen LogP contribution in [-0.4, -0.2) is 20.1 Å². The van der Waals surface area contributed by atoms with Crippen LogP contribution in [0.4, 0.5) is 0 Å².